The molecule has 0 bridgehead atoms. The maximum absolute atomic E-state index is 12.1. The maximum atomic E-state index is 12.1. The lowest BCUT2D eigenvalue weighted by atomic mass is 10.2. The van der Waals surface area contributed by atoms with Crippen LogP contribution >= 0.6 is 23.2 Å². The molecule has 8 nitrogen and oxygen atoms in total. The number of nitrogens with zero attached hydrogens (tertiary/aromatic N) is 5. The fourth-order valence-corrected chi connectivity index (χ4v) is 4.14. The summed E-state index contributed by atoms with van der Waals surface area (Å²) in [5.74, 6) is 0.985. The van der Waals surface area contributed by atoms with Crippen LogP contribution in [-0.2, 0) is 4.79 Å². The molecule has 1 saturated heterocycles. The van der Waals surface area contributed by atoms with Crippen LogP contribution in [0, 0.1) is 13.8 Å². The number of benzene rings is 1. The number of rotatable bonds is 6. The first-order valence-corrected chi connectivity index (χ1v) is 10.6. The Bertz CT molecular complexity index is 1090. The standard InChI is InChI=1S/C21H23Cl2N5O3/c1-13-12-31-21(24-13)20-19(23)14(2)28(25-20)18(11-29)27-8-6-26(7-9-27)15-4-5-16(22)17(10-15)30-3/h4-5,10-12,18H,6-9H2,1-3H3. The topological polar surface area (TPSA) is 76.6 Å². The third-order valence-corrected chi connectivity index (χ3v) is 6.22. The second-order valence-electron chi connectivity index (χ2n) is 7.38. The maximum Gasteiger partial charge on any atom is 0.248 e. The Hall–Kier alpha value is -2.55. The molecule has 1 atom stereocenters. The zero-order valence-electron chi connectivity index (χ0n) is 17.5. The van der Waals surface area contributed by atoms with E-state index in [0.717, 1.165) is 30.8 Å². The highest BCUT2D eigenvalue weighted by atomic mass is 35.5. The van der Waals surface area contributed by atoms with Gasteiger partial charge in [-0.1, -0.05) is 23.2 Å². The summed E-state index contributed by atoms with van der Waals surface area (Å²) in [4.78, 5) is 20.7. The van der Waals surface area contributed by atoms with Gasteiger partial charge in [-0.2, -0.15) is 5.10 Å². The van der Waals surface area contributed by atoms with E-state index in [1.165, 1.54) is 0 Å². The van der Waals surface area contributed by atoms with E-state index in [1.807, 2.05) is 32.0 Å². The predicted molar refractivity (Wildman–Crippen MR) is 119 cm³/mol. The Morgan fingerprint density at radius 3 is 2.55 bits per heavy atom. The first-order valence-electron chi connectivity index (χ1n) is 9.88. The van der Waals surface area contributed by atoms with Crippen molar-refractivity contribution in [1.29, 1.82) is 0 Å². The van der Waals surface area contributed by atoms with Crippen LogP contribution in [-0.4, -0.2) is 59.2 Å². The van der Waals surface area contributed by atoms with Gasteiger partial charge in [-0.05, 0) is 26.0 Å². The van der Waals surface area contributed by atoms with Crippen LogP contribution in [0.25, 0.3) is 11.6 Å². The second-order valence-corrected chi connectivity index (χ2v) is 8.16. The Kier molecular flexibility index (Phi) is 6.22. The number of anilines is 1. The third kappa shape index (κ3) is 4.15. The van der Waals surface area contributed by atoms with Gasteiger partial charge in [-0.25, -0.2) is 9.67 Å². The number of hydrogen-bond acceptors (Lipinski definition) is 7. The molecule has 3 aromatic rings. The zero-order valence-corrected chi connectivity index (χ0v) is 19.0. The van der Waals surface area contributed by atoms with Crippen LogP contribution in [0.1, 0.15) is 17.6 Å². The highest BCUT2D eigenvalue weighted by Crippen LogP contribution is 2.33. The lowest BCUT2D eigenvalue weighted by Gasteiger charge is -2.38. The van der Waals surface area contributed by atoms with E-state index in [4.69, 9.17) is 32.4 Å². The van der Waals surface area contributed by atoms with Gasteiger partial charge in [0.15, 0.2) is 18.1 Å². The van der Waals surface area contributed by atoms with E-state index in [2.05, 4.69) is 19.9 Å². The van der Waals surface area contributed by atoms with Gasteiger partial charge in [-0.3, -0.25) is 9.69 Å². The lowest BCUT2D eigenvalue weighted by molar-refractivity contribution is -0.116. The second kappa shape index (κ2) is 8.90. The molecular weight excluding hydrogens is 441 g/mol. The van der Waals surface area contributed by atoms with Gasteiger partial charge in [0.2, 0.25) is 5.89 Å². The van der Waals surface area contributed by atoms with Crippen molar-refractivity contribution in [3.63, 3.8) is 0 Å². The van der Waals surface area contributed by atoms with Crippen LogP contribution in [0.15, 0.2) is 28.9 Å². The summed E-state index contributed by atoms with van der Waals surface area (Å²) in [5.41, 5.74) is 2.89. The minimum absolute atomic E-state index is 0.343. The monoisotopic (exact) mass is 463 g/mol. The number of aldehydes is 1. The number of hydrogen-bond donors (Lipinski definition) is 0. The molecule has 1 aliphatic rings. The number of methoxy groups -OCH3 is 1. The van der Waals surface area contributed by atoms with Crippen LogP contribution in [0.2, 0.25) is 10.0 Å². The van der Waals surface area contributed by atoms with E-state index < -0.39 is 6.17 Å². The molecule has 1 unspecified atom stereocenters. The summed E-state index contributed by atoms with van der Waals surface area (Å²) >= 11 is 12.6. The number of halogens is 2. The molecule has 31 heavy (non-hydrogen) atoms. The van der Waals surface area contributed by atoms with Crippen LogP contribution in [0.3, 0.4) is 0 Å². The summed E-state index contributed by atoms with van der Waals surface area (Å²) in [6.45, 7) is 6.51. The molecule has 3 heterocycles. The summed E-state index contributed by atoms with van der Waals surface area (Å²) in [7, 11) is 1.60. The summed E-state index contributed by atoms with van der Waals surface area (Å²) in [5, 5.41) is 5.57. The van der Waals surface area contributed by atoms with Crippen molar-refractivity contribution in [2.75, 3.05) is 38.2 Å². The number of piperazine rings is 1. The van der Waals surface area contributed by atoms with E-state index in [0.29, 0.717) is 46.2 Å². The lowest BCUT2D eigenvalue weighted by Crippen LogP contribution is -2.49. The van der Waals surface area contributed by atoms with Gasteiger partial charge in [0.1, 0.15) is 12.0 Å². The van der Waals surface area contributed by atoms with Crippen LogP contribution < -0.4 is 9.64 Å². The van der Waals surface area contributed by atoms with Gasteiger partial charge in [0.25, 0.3) is 0 Å². The molecule has 0 aliphatic carbocycles. The fourth-order valence-electron chi connectivity index (χ4n) is 3.74. The first kappa shape index (κ1) is 21.7. The molecule has 164 valence electrons. The molecule has 1 aromatic carbocycles. The molecule has 0 amide bonds. The molecule has 0 saturated carbocycles. The minimum atomic E-state index is -0.566. The largest absolute Gasteiger partial charge is 0.495 e. The number of aromatic nitrogens is 3. The summed E-state index contributed by atoms with van der Waals surface area (Å²) < 4.78 is 12.4. The highest BCUT2D eigenvalue weighted by Gasteiger charge is 2.29. The first-order chi connectivity index (χ1) is 14.9. The fraction of sp³-hybridized carbons (Fsp3) is 0.381. The molecule has 0 spiro atoms. The van der Waals surface area contributed by atoms with Crippen LogP contribution in [0.4, 0.5) is 5.69 Å². The van der Waals surface area contributed by atoms with Crippen molar-refractivity contribution in [2.45, 2.75) is 20.0 Å². The van der Waals surface area contributed by atoms with Gasteiger partial charge in [0.05, 0.1) is 28.5 Å². The highest BCUT2D eigenvalue weighted by molar-refractivity contribution is 6.33. The Balaban J connectivity index is 1.52. The Morgan fingerprint density at radius 2 is 1.94 bits per heavy atom. The Labute approximate surface area is 190 Å². The smallest absolute Gasteiger partial charge is 0.248 e. The number of carbonyl (C=O) groups is 1. The molecule has 2 aromatic heterocycles. The third-order valence-electron chi connectivity index (χ3n) is 5.46. The van der Waals surface area contributed by atoms with Gasteiger partial charge in [0, 0.05) is 37.9 Å². The molecule has 1 fully saturated rings. The average Bonchev–Trinajstić information content (AvgIpc) is 3.33. The SMILES string of the molecule is COc1cc(N2CCN(C(C=O)n3nc(-c4nc(C)co4)c(Cl)c3C)CC2)ccc1Cl. The van der Waals surface area contributed by atoms with Crippen molar-refractivity contribution in [2.24, 2.45) is 0 Å². The summed E-state index contributed by atoms with van der Waals surface area (Å²) in [6.07, 6.45) is 1.87. The van der Waals surface area contributed by atoms with Crippen LogP contribution in [0.5, 0.6) is 5.75 Å². The molecular formula is C21H23Cl2N5O3. The van der Waals surface area contributed by atoms with Gasteiger partial charge in [-0.15, -0.1) is 0 Å². The van der Waals surface area contributed by atoms with E-state index in [9.17, 15) is 4.79 Å². The van der Waals surface area contributed by atoms with E-state index in [-0.39, 0.29) is 0 Å². The molecule has 10 heteroatoms. The normalized spacial score (nSPS) is 15.8. The van der Waals surface area contributed by atoms with Crippen molar-refractivity contribution in [3.05, 3.63) is 45.9 Å². The predicted octanol–water partition coefficient (Wildman–Crippen LogP) is 3.99. The number of aryl methyl sites for hydroxylation is 1. The number of oxazole rings is 1. The molecule has 4 rings (SSSR count). The minimum Gasteiger partial charge on any atom is -0.495 e. The van der Waals surface area contributed by atoms with Crippen molar-refractivity contribution >= 4 is 35.2 Å². The molecule has 0 N–H and O–H groups in total. The zero-order chi connectivity index (χ0) is 22.1. The number of carbonyl (C=O) groups excluding carboxylic acids is 1. The molecule has 1 aliphatic heterocycles. The van der Waals surface area contributed by atoms with Gasteiger partial charge >= 0.3 is 0 Å². The van der Waals surface area contributed by atoms with E-state index >= 15 is 0 Å². The van der Waals surface area contributed by atoms with Gasteiger partial charge < -0.3 is 14.1 Å². The van der Waals surface area contributed by atoms with E-state index in [1.54, 1.807) is 18.1 Å². The van der Waals surface area contributed by atoms with Crippen molar-refractivity contribution in [1.82, 2.24) is 19.7 Å². The number of ether oxygens (including phenoxy) is 1. The summed E-state index contributed by atoms with van der Waals surface area (Å²) in [6, 6.07) is 5.73. The quantitative estimate of drug-likeness (QED) is 0.511. The van der Waals surface area contributed by atoms with Crippen molar-refractivity contribution < 1.29 is 13.9 Å². The molecule has 0 radical (unpaired) electrons. The average molecular weight is 464 g/mol. The Morgan fingerprint density at radius 1 is 1.19 bits per heavy atom. The van der Waals surface area contributed by atoms with Crippen molar-refractivity contribution in [3.8, 4) is 17.3 Å².